The van der Waals surface area contributed by atoms with Gasteiger partial charge in [-0.05, 0) is 24.8 Å². The monoisotopic (exact) mass is 322 g/mol. The van der Waals surface area contributed by atoms with E-state index in [4.69, 9.17) is 16.3 Å². The summed E-state index contributed by atoms with van der Waals surface area (Å²) >= 11 is 7.60. The van der Waals surface area contributed by atoms with E-state index < -0.39 is 5.97 Å². The fourth-order valence-electron chi connectivity index (χ4n) is 2.01. The van der Waals surface area contributed by atoms with Gasteiger partial charge in [-0.2, -0.15) is 0 Å². The lowest BCUT2D eigenvalue weighted by atomic mass is 10.0. The van der Waals surface area contributed by atoms with Gasteiger partial charge in [0.15, 0.2) is 0 Å². The zero-order valence-corrected chi connectivity index (χ0v) is 13.3. The summed E-state index contributed by atoms with van der Waals surface area (Å²) in [5.41, 5.74) is 1.68. The molecule has 0 amide bonds. The second-order valence-electron chi connectivity index (χ2n) is 4.25. The second-order valence-corrected chi connectivity index (χ2v) is 5.48. The minimum absolute atomic E-state index is 0.119. The molecule has 0 aliphatic rings. The van der Waals surface area contributed by atoms with Crippen LogP contribution >= 0.6 is 23.4 Å². The fourth-order valence-corrected chi connectivity index (χ4v) is 2.89. The maximum absolute atomic E-state index is 12.0. The van der Waals surface area contributed by atoms with E-state index in [-0.39, 0.29) is 22.9 Å². The normalized spacial score (nSPS) is 10.4. The van der Waals surface area contributed by atoms with Crippen LogP contribution < -0.4 is 0 Å². The average molecular weight is 323 g/mol. The molecule has 0 aliphatic heterocycles. The molecule has 0 saturated heterocycles. The Balaban J connectivity index is 2.63. The van der Waals surface area contributed by atoms with Crippen LogP contribution in [-0.4, -0.2) is 23.9 Å². The summed E-state index contributed by atoms with van der Waals surface area (Å²) in [7, 11) is 0. The number of hydrogen-bond acceptors (Lipinski definition) is 4. The van der Waals surface area contributed by atoms with Crippen molar-refractivity contribution < 1.29 is 14.6 Å². The number of phenols is 1. The van der Waals surface area contributed by atoms with E-state index in [0.717, 1.165) is 5.56 Å². The van der Waals surface area contributed by atoms with E-state index in [1.807, 2.05) is 36.6 Å². The molecule has 2 aromatic carbocycles. The Morgan fingerprint density at radius 2 is 2.00 bits per heavy atom. The lowest BCUT2D eigenvalue weighted by molar-refractivity contribution is 0.0519. The average Bonchev–Trinajstić information content (AvgIpc) is 2.50. The molecule has 0 spiro atoms. The van der Waals surface area contributed by atoms with Gasteiger partial charge in [0.25, 0.3) is 0 Å². The van der Waals surface area contributed by atoms with Gasteiger partial charge in [-0.1, -0.05) is 41.9 Å². The minimum atomic E-state index is -0.569. The van der Waals surface area contributed by atoms with Crippen molar-refractivity contribution in [3.8, 4) is 16.9 Å². The lowest BCUT2D eigenvalue weighted by Crippen LogP contribution is -2.07. The summed E-state index contributed by atoms with van der Waals surface area (Å²) in [5, 5.41) is 10.5. The van der Waals surface area contributed by atoms with Crippen molar-refractivity contribution in [3.63, 3.8) is 0 Å². The van der Waals surface area contributed by atoms with E-state index in [1.165, 1.54) is 11.8 Å². The third-order valence-electron chi connectivity index (χ3n) is 2.99. The van der Waals surface area contributed by atoms with Crippen molar-refractivity contribution in [1.82, 2.24) is 0 Å². The number of phenolic OH excluding ortho intramolecular Hbond substituents is 1. The number of rotatable bonds is 4. The number of carbonyl (C=O) groups is 1. The maximum Gasteiger partial charge on any atom is 0.343 e. The number of thioether (sulfide) groups is 1. The molecule has 1 N–H and O–H groups in total. The van der Waals surface area contributed by atoms with Crippen molar-refractivity contribution in [2.24, 2.45) is 0 Å². The summed E-state index contributed by atoms with van der Waals surface area (Å²) in [4.78, 5) is 12.6. The molecule has 0 bridgehead atoms. The summed E-state index contributed by atoms with van der Waals surface area (Å²) in [6, 6.07) is 11.3. The molecule has 0 saturated carbocycles. The van der Waals surface area contributed by atoms with Gasteiger partial charge in [0.05, 0.1) is 11.6 Å². The summed E-state index contributed by atoms with van der Waals surface area (Å²) in [6.07, 6.45) is 1.83. The van der Waals surface area contributed by atoms with Crippen LogP contribution in [-0.2, 0) is 4.74 Å². The van der Waals surface area contributed by atoms with Crippen LogP contribution in [0.5, 0.6) is 5.75 Å². The first-order chi connectivity index (χ1) is 10.1. The molecule has 0 unspecified atom stereocenters. The molecule has 110 valence electrons. The first-order valence-electron chi connectivity index (χ1n) is 6.42. The molecule has 3 nitrogen and oxygen atoms in total. The number of benzene rings is 2. The highest BCUT2D eigenvalue weighted by atomic mass is 35.5. The van der Waals surface area contributed by atoms with Gasteiger partial charge in [-0.3, -0.25) is 0 Å². The van der Waals surface area contributed by atoms with Gasteiger partial charge in [-0.25, -0.2) is 4.79 Å². The Morgan fingerprint density at radius 1 is 1.33 bits per heavy atom. The molecule has 0 radical (unpaired) electrons. The van der Waals surface area contributed by atoms with Gasteiger partial charge in [-0.15, -0.1) is 11.8 Å². The minimum Gasteiger partial charge on any atom is -0.505 e. The largest absolute Gasteiger partial charge is 0.505 e. The number of ether oxygens (including phenoxy) is 1. The number of hydrogen-bond donors (Lipinski definition) is 1. The Hall–Kier alpha value is -1.65. The summed E-state index contributed by atoms with van der Waals surface area (Å²) < 4.78 is 4.98. The van der Waals surface area contributed by atoms with E-state index in [2.05, 4.69) is 0 Å². The fraction of sp³-hybridized carbons (Fsp3) is 0.188. The molecule has 21 heavy (non-hydrogen) atoms. The Kier molecular flexibility index (Phi) is 5.15. The number of aromatic hydroxyl groups is 1. The summed E-state index contributed by atoms with van der Waals surface area (Å²) in [5.74, 6) is -0.804. The highest BCUT2D eigenvalue weighted by Gasteiger charge is 2.23. The summed E-state index contributed by atoms with van der Waals surface area (Å²) in [6.45, 7) is 1.96. The van der Waals surface area contributed by atoms with Crippen molar-refractivity contribution in [2.75, 3.05) is 12.9 Å². The standard InChI is InChI=1S/C16H15ClO3S/c1-3-20-16(19)13-12(21-2)9-11(14(17)15(13)18)10-7-5-4-6-8-10/h4-9,18H,3H2,1-2H3. The van der Waals surface area contributed by atoms with Crippen LogP contribution in [0.15, 0.2) is 41.3 Å². The maximum atomic E-state index is 12.0. The molecule has 5 heteroatoms. The van der Waals surface area contributed by atoms with Crippen LogP contribution in [0.25, 0.3) is 11.1 Å². The third-order valence-corrected chi connectivity index (χ3v) is 4.13. The van der Waals surface area contributed by atoms with E-state index in [9.17, 15) is 9.90 Å². The third kappa shape index (κ3) is 3.17. The van der Waals surface area contributed by atoms with Crippen LogP contribution in [0.1, 0.15) is 17.3 Å². The van der Waals surface area contributed by atoms with Gasteiger partial charge in [0, 0.05) is 10.5 Å². The van der Waals surface area contributed by atoms with Gasteiger partial charge >= 0.3 is 5.97 Å². The quantitative estimate of drug-likeness (QED) is 0.659. The number of halogens is 1. The Bertz CT molecular complexity index is 656. The van der Waals surface area contributed by atoms with Gasteiger partial charge < -0.3 is 9.84 Å². The van der Waals surface area contributed by atoms with Crippen molar-refractivity contribution >= 4 is 29.3 Å². The van der Waals surface area contributed by atoms with Crippen molar-refractivity contribution in [1.29, 1.82) is 0 Å². The van der Waals surface area contributed by atoms with Gasteiger partial charge in [0.2, 0.25) is 0 Å². The molecule has 2 aromatic rings. The zero-order valence-electron chi connectivity index (χ0n) is 11.7. The molecule has 0 aromatic heterocycles. The number of esters is 1. The molecule has 0 fully saturated rings. The second kappa shape index (κ2) is 6.87. The van der Waals surface area contributed by atoms with Gasteiger partial charge in [0.1, 0.15) is 11.3 Å². The predicted molar refractivity (Wildman–Crippen MR) is 86.3 cm³/mol. The van der Waals surface area contributed by atoms with Crippen LogP contribution in [0.4, 0.5) is 0 Å². The van der Waals surface area contributed by atoms with E-state index in [0.29, 0.717) is 10.5 Å². The first kappa shape index (κ1) is 15.7. The first-order valence-corrected chi connectivity index (χ1v) is 8.02. The topological polar surface area (TPSA) is 46.5 Å². The Morgan fingerprint density at radius 3 is 2.57 bits per heavy atom. The highest BCUT2D eigenvalue weighted by molar-refractivity contribution is 7.98. The molecular formula is C16H15ClO3S. The van der Waals surface area contributed by atoms with E-state index in [1.54, 1.807) is 13.0 Å². The zero-order chi connectivity index (χ0) is 15.4. The molecule has 0 aliphatic carbocycles. The smallest absolute Gasteiger partial charge is 0.343 e. The molecule has 0 atom stereocenters. The highest BCUT2D eigenvalue weighted by Crippen LogP contribution is 2.42. The van der Waals surface area contributed by atoms with Crippen LogP contribution in [0.2, 0.25) is 5.02 Å². The van der Waals surface area contributed by atoms with Crippen LogP contribution in [0.3, 0.4) is 0 Å². The van der Waals surface area contributed by atoms with Crippen molar-refractivity contribution in [3.05, 3.63) is 47.0 Å². The van der Waals surface area contributed by atoms with Crippen LogP contribution in [0, 0.1) is 0 Å². The Labute approximate surface area is 132 Å². The van der Waals surface area contributed by atoms with E-state index >= 15 is 0 Å². The van der Waals surface area contributed by atoms with Crippen molar-refractivity contribution in [2.45, 2.75) is 11.8 Å². The number of carbonyl (C=O) groups excluding carboxylic acids is 1. The predicted octanol–water partition coefficient (Wildman–Crippen LogP) is 4.61. The lowest BCUT2D eigenvalue weighted by Gasteiger charge is -2.14. The molecule has 0 heterocycles. The molecule has 2 rings (SSSR count). The SMILES string of the molecule is CCOC(=O)c1c(SC)cc(-c2ccccc2)c(Cl)c1O. The molecular weight excluding hydrogens is 308 g/mol.